The van der Waals surface area contributed by atoms with Crippen LogP contribution in [0.5, 0.6) is 0 Å². The number of hydrogen-bond acceptors (Lipinski definition) is 5. The van der Waals surface area contributed by atoms with Crippen molar-refractivity contribution in [3.8, 4) is 0 Å². The van der Waals surface area contributed by atoms with Crippen molar-refractivity contribution in [1.82, 2.24) is 4.98 Å². The van der Waals surface area contributed by atoms with Crippen LogP contribution < -0.4 is 5.32 Å². The summed E-state index contributed by atoms with van der Waals surface area (Å²) in [6.45, 7) is 3.55. The molecule has 1 aromatic heterocycles. The van der Waals surface area contributed by atoms with Crippen molar-refractivity contribution in [2.24, 2.45) is 5.92 Å². The van der Waals surface area contributed by atoms with Crippen LogP contribution in [0.25, 0.3) is 0 Å². The summed E-state index contributed by atoms with van der Waals surface area (Å²) in [6.07, 6.45) is 5.81. The number of esters is 1. The van der Waals surface area contributed by atoms with Crippen LogP contribution >= 0.6 is 11.3 Å². The van der Waals surface area contributed by atoms with Gasteiger partial charge in [-0.25, -0.2) is 4.98 Å². The van der Waals surface area contributed by atoms with Gasteiger partial charge in [-0.2, -0.15) is 0 Å². The number of amides is 1. The number of carbonyl (C=O) groups is 2. The van der Waals surface area contributed by atoms with Gasteiger partial charge in [0.2, 0.25) is 5.91 Å². The Labute approximate surface area is 128 Å². The van der Waals surface area contributed by atoms with Crippen molar-refractivity contribution in [3.63, 3.8) is 0 Å². The number of carbonyl (C=O) groups excluding carboxylic acids is 2. The predicted octanol–water partition coefficient (Wildman–Crippen LogP) is 2.69. The molecule has 2 heterocycles. The van der Waals surface area contributed by atoms with Crippen molar-refractivity contribution < 1.29 is 14.3 Å². The molecule has 5 nitrogen and oxygen atoms in total. The van der Waals surface area contributed by atoms with Gasteiger partial charge in [-0.3, -0.25) is 9.59 Å². The molecule has 0 bridgehead atoms. The quantitative estimate of drug-likeness (QED) is 0.674. The van der Waals surface area contributed by atoms with E-state index in [1.54, 1.807) is 25.2 Å². The first-order chi connectivity index (χ1) is 9.95. The lowest BCUT2D eigenvalue weighted by Crippen LogP contribution is -2.36. The molecule has 0 saturated carbocycles. The van der Waals surface area contributed by atoms with Gasteiger partial charge in [-0.05, 0) is 39.5 Å². The molecular formula is C15H20N2O3S. The van der Waals surface area contributed by atoms with Gasteiger partial charge in [0, 0.05) is 4.88 Å². The second kappa shape index (κ2) is 5.40. The van der Waals surface area contributed by atoms with E-state index in [4.69, 9.17) is 4.74 Å². The van der Waals surface area contributed by atoms with Crippen LogP contribution in [0.1, 0.15) is 50.1 Å². The molecule has 0 aromatic carbocycles. The fourth-order valence-corrected chi connectivity index (χ4v) is 4.05. The maximum atomic E-state index is 12.4. The zero-order valence-corrected chi connectivity index (χ0v) is 13.2. The molecule has 3 rings (SSSR count). The minimum Gasteiger partial charge on any atom is -0.459 e. The number of cyclic esters (lactones) is 1. The van der Waals surface area contributed by atoms with E-state index in [1.807, 2.05) is 0 Å². The Morgan fingerprint density at radius 1 is 1.33 bits per heavy atom. The van der Waals surface area contributed by atoms with Crippen molar-refractivity contribution in [2.45, 2.75) is 58.0 Å². The smallest absolute Gasteiger partial charge is 0.307 e. The highest BCUT2D eigenvalue weighted by Gasteiger charge is 2.46. The Morgan fingerprint density at radius 2 is 2.10 bits per heavy atom. The van der Waals surface area contributed by atoms with E-state index in [0.29, 0.717) is 5.13 Å². The maximum absolute atomic E-state index is 12.4. The average molecular weight is 308 g/mol. The van der Waals surface area contributed by atoms with Crippen LogP contribution in [0, 0.1) is 5.92 Å². The van der Waals surface area contributed by atoms with Gasteiger partial charge in [-0.1, -0.05) is 6.42 Å². The van der Waals surface area contributed by atoms with Gasteiger partial charge >= 0.3 is 5.97 Å². The number of anilines is 1. The molecular weight excluding hydrogens is 288 g/mol. The van der Waals surface area contributed by atoms with E-state index in [1.165, 1.54) is 24.1 Å². The van der Waals surface area contributed by atoms with Gasteiger partial charge in [-0.15, -0.1) is 11.3 Å². The van der Waals surface area contributed by atoms with Crippen molar-refractivity contribution in [1.29, 1.82) is 0 Å². The third-order valence-corrected chi connectivity index (χ3v) is 5.30. The summed E-state index contributed by atoms with van der Waals surface area (Å²) in [5.74, 6) is -0.932. The SMILES string of the molecule is CC1(C)OC(=O)C[C@@H]1C(=O)Nc1nc2c(s1)CCCCC2. The van der Waals surface area contributed by atoms with Gasteiger partial charge in [0.25, 0.3) is 0 Å². The molecule has 114 valence electrons. The first kappa shape index (κ1) is 14.5. The number of nitrogens with zero attached hydrogens (tertiary/aromatic N) is 1. The number of hydrogen-bond donors (Lipinski definition) is 1. The molecule has 0 radical (unpaired) electrons. The van der Waals surface area contributed by atoms with Gasteiger partial charge in [0.15, 0.2) is 5.13 Å². The second-order valence-electron chi connectivity index (χ2n) is 6.27. The topological polar surface area (TPSA) is 68.3 Å². The summed E-state index contributed by atoms with van der Waals surface area (Å²) in [6, 6.07) is 0. The highest BCUT2D eigenvalue weighted by atomic mass is 32.1. The van der Waals surface area contributed by atoms with Crippen molar-refractivity contribution in [2.75, 3.05) is 5.32 Å². The maximum Gasteiger partial charge on any atom is 0.307 e. The highest BCUT2D eigenvalue weighted by molar-refractivity contribution is 7.15. The number of ether oxygens (including phenoxy) is 1. The van der Waals surface area contributed by atoms with Crippen LogP contribution in [0.4, 0.5) is 5.13 Å². The van der Waals surface area contributed by atoms with Crippen LogP contribution in [0.3, 0.4) is 0 Å². The fraction of sp³-hybridized carbons (Fsp3) is 0.667. The third kappa shape index (κ3) is 2.95. The summed E-state index contributed by atoms with van der Waals surface area (Å²) in [7, 11) is 0. The number of aryl methyl sites for hydroxylation is 2. The molecule has 1 aliphatic carbocycles. The summed E-state index contributed by atoms with van der Waals surface area (Å²) in [5, 5.41) is 3.53. The van der Waals surface area contributed by atoms with E-state index >= 15 is 0 Å². The normalized spacial score (nSPS) is 24.1. The summed E-state index contributed by atoms with van der Waals surface area (Å²) < 4.78 is 5.20. The minimum absolute atomic E-state index is 0.143. The van der Waals surface area contributed by atoms with Gasteiger partial charge < -0.3 is 10.1 Å². The molecule has 0 unspecified atom stereocenters. The lowest BCUT2D eigenvalue weighted by molar-refractivity contribution is -0.147. The highest BCUT2D eigenvalue weighted by Crippen LogP contribution is 2.34. The Morgan fingerprint density at radius 3 is 2.81 bits per heavy atom. The molecule has 21 heavy (non-hydrogen) atoms. The summed E-state index contributed by atoms with van der Waals surface area (Å²) >= 11 is 1.57. The molecule has 2 aliphatic rings. The van der Waals surface area contributed by atoms with Crippen LogP contribution in [0.2, 0.25) is 0 Å². The standard InChI is InChI=1S/C15H20N2O3S/c1-15(2)9(8-12(18)20-15)13(19)17-14-16-10-6-4-3-5-7-11(10)21-14/h9H,3-8H2,1-2H3,(H,16,17,19)/t9-/m1/s1. The average Bonchev–Trinajstić information content (AvgIpc) is 2.81. The Bertz CT molecular complexity index is 556. The lowest BCUT2D eigenvalue weighted by Gasteiger charge is -2.23. The number of rotatable bonds is 2. The third-order valence-electron chi connectivity index (χ3n) is 4.23. The molecule has 1 amide bonds. The van der Waals surface area contributed by atoms with Crippen molar-refractivity contribution >= 4 is 28.3 Å². The summed E-state index contributed by atoms with van der Waals surface area (Å²) in [4.78, 5) is 29.6. The summed E-state index contributed by atoms with van der Waals surface area (Å²) in [5.41, 5.74) is 0.390. The van der Waals surface area contributed by atoms with E-state index in [-0.39, 0.29) is 18.3 Å². The van der Waals surface area contributed by atoms with Crippen molar-refractivity contribution in [3.05, 3.63) is 10.6 Å². The first-order valence-corrected chi connectivity index (χ1v) is 8.28. The van der Waals surface area contributed by atoms with Gasteiger partial charge in [0.1, 0.15) is 5.60 Å². The van der Waals surface area contributed by atoms with Crippen LogP contribution in [0.15, 0.2) is 0 Å². The number of fused-ring (bicyclic) bond motifs is 1. The number of thiazole rings is 1. The van der Waals surface area contributed by atoms with Gasteiger partial charge in [0.05, 0.1) is 18.0 Å². The largest absolute Gasteiger partial charge is 0.459 e. The number of aromatic nitrogens is 1. The second-order valence-corrected chi connectivity index (χ2v) is 7.36. The van der Waals surface area contributed by atoms with E-state index in [0.717, 1.165) is 18.5 Å². The molecule has 1 aliphatic heterocycles. The first-order valence-electron chi connectivity index (χ1n) is 7.47. The van der Waals surface area contributed by atoms with E-state index in [2.05, 4.69) is 10.3 Å². The zero-order valence-electron chi connectivity index (χ0n) is 12.4. The molecule has 0 spiro atoms. The van der Waals surface area contributed by atoms with E-state index < -0.39 is 11.5 Å². The Hall–Kier alpha value is -1.43. The monoisotopic (exact) mass is 308 g/mol. The molecule has 1 N–H and O–H groups in total. The van der Waals surface area contributed by atoms with Crippen LogP contribution in [-0.2, 0) is 27.2 Å². The predicted molar refractivity (Wildman–Crippen MR) is 80.3 cm³/mol. The molecule has 1 saturated heterocycles. The molecule has 1 aromatic rings. The number of nitrogens with one attached hydrogen (secondary N) is 1. The zero-order chi connectivity index (χ0) is 15.0. The molecule has 1 atom stereocenters. The molecule has 6 heteroatoms. The minimum atomic E-state index is -0.741. The Balaban J connectivity index is 1.72. The van der Waals surface area contributed by atoms with Crippen LogP contribution in [-0.4, -0.2) is 22.5 Å². The Kier molecular flexibility index (Phi) is 3.73. The van der Waals surface area contributed by atoms with E-state index in [9.17, 15) is 9.59 Å². The lowest BCUT2D eigenvalue weighted by atomic mass is 9.90. The molecule has 1 fully saturated rings. The fourth-order valence-electron chi connectivity index (χ4n) is 3.00.